The monoisotopic (exact) mass is 341 g/mol. The molecule has 3 heterocycles. The van der Waals surface area contributed by atoms with Crippen molar-refractivity contribution in [2.24, 2.45) is 0 Å². The van der Waals surface area contributed by atoms with E-state index in [4.69, 9.17) is 0 Å². The van der Waals surface area contributed by atoms with E-state index < -0.39 is 5.82 Å². The highest BCUT2D eigenvalue weighted by atomic mass is 19.1. The molecule has 0 spiro atoms. The van der Waals surface area contributed by atoms with Crippen molar-refractivity contribution in [3.05, 3.63) is 47.9 Å². The summed E-state index contributed by atoms with van der Waals surface area (Å²) in [5, 5.41) is 3.16. The van der Waals surface area contributed by atoms with Gasteiger partial charge in [0.1, 0.15) is 6.33 Å². The summed E-state index contributed by atoms with van der Waals surface area (Å²) in [6.07, 6.45) is 7.71. The Morgan fingerprint density at radius 2 is 2.20 bits per heavy atom. The third-order valence-electron chi connectivity index (χ3n) is 4.85. The predicted octanol–water partition coefficient (Wildman–Crippen LogP) is 2.49. The van der Waals surface area contributed by atoms with Gasteiger partial charge in [0.15, 0.2) is 11.6 Å². The van der Waals surface area contributed by atoms with E-state index in [1.807, 2.05) is 24.0 Å². The van der Waals surface area contributed by atoms with E-state index in [1.54, 1.807) is 12.4 Å². The summed E-state index contributed by atoms with van der Waals surface area (Å²) in [5.74, 6) is -0.178. The molecule has 130 valence electrons. The van der Waals surface area contributed by atoms with Gasteiger partial charge >= 0.3 is 0 Å². The smallest absolute Gasteiger partial charge is 0.225 e. The number of carbonyl (C=O) groups excluding carboxylic acids is 1. The summed E-state index contributed by atoms with van der Waals surface area (Å²) in [6.45, 7) is 1.85. The first-order chi connectivity index (χ1) is 12.2. The van der Waals surface area contributed by atoms with Crippen LogP contribution in [0, 0.1) is 5.82 Å². The van der Waals surface area contributed by atoms with Gasteiger partial charge in [-0.05, 0) is 30.9 Å². The van der Waals surface area contributed by atoms with Gasteiger partial charge in [0.05, 0.1) is 17.8 Å². The molecule has 1 aliphatic carbocycles. The molecule has 1 N–H and O–H groups in total. The first kappa shape index (κ1) is 15.9. The van der Waals surface area contributed by atoms with Crippen molar-refractivity contribution in [2.45, 2.75) is 50.7 Å². The van der Waals surface area contributed by atoms with Crippen molar-refractivity contribution >= 4 is 11.7 Å². The summed E-state index contributed by atoms with van der Waals surface area (Å²) in [4.78, 5) is 26.7. The van der Waals surface area contributed by atoms with Crippen molar-refractivity contribution < 1.29 is 9.18 Å². The number of halogens is 1. The molecule has 4 rings (SSSR count). The molecule has 25 heavy (non-hydrogen) atoms. The van der Waals surface area contributed by atoms with E-state index in [0.29, 0.717) is 18.5 Å². The van der Waals surface area contributed by atoms with Crippen LogP contribution in [-0.4, -0.2) is 37.8 Å². The molecule has 6 nitrogen and oxygen atoms in total. The third-order valence-corrected chi connectivity index (χ3v) is 4.85. The number of nitrogens with one attached hydrogen (secondary N) is 1. The number of nitrogens with zero attached hydrogens (tertiary/aromatic N) is 4. The zero-order chi connectivity index (χ0) is 17.4. The molecule has 1 saturated carbocycles. The maximum absolute atomic E-state index is 14.5. The van der Waals surface area contributed by atoms with Gasteiger partial charge in [0.2, 0.25) is 5.91 Å². The molecular weight excluding hydrogens is 321 g/mol. The van der Waals surface area contributed by atoms with Gasteiger partial charge in [-0.2, -0.15) is 0 Å². The van der Waals surface area contributed by atoms with Crippen LogP contribution in [0.3, 0.4) is 0 Å². The Morgan fingerprint density at radius 1 is 1.36 bits per heavy atom. The largest absolute Gasteiger partial charge is 0.362 e. The zero-order valence-corrected chi connectivity index (χ0v) is 14.0. The molecule has 0 radical (unpaired) electrons. The predicted molar refractivity (Wildman–Crippen MR) is 90.2 cm³/mol. The molecule has 7 heteroatoms. The number of aryl methyl sites for hydroxylation is 1. The SMILES string of the molecule is CCc1ncnc(N[C@@H]2CC(=O)N(C3CC3)[C@H]2c2cccnc2)c1F. The lowest BCUT2D eigenvalue weighted by Crippen LogP contribution is -2.34. The van der Waals surface area contributed by atoms with Crippen LogP contribution in [0.1, 0.15) is 43.5 Å². The Balaban J connectivity index is 1.67. The van der Waals surface area contributed by atoms with Crippen molar-refractivity contribution in [3.63, 3.8) is 0 Å². The first-order valence-corrected chi connectivity index (χ1v) is 8.66. The van der Waals surface area contributed by atoms with Gasteiger partial charge in [0.25, 0.3) is 0 Å². The number of likely N-dealkylation sites (tertiary alicyclic amines) is 1. The summed E-state index contributed by atoms with van der Waals surface area (Å²) in [6, 6.07) is 3.71. The highest BCUT2D eigenvalue weighted by molar-refractivity contribution is 5.82. The lowest BCUT2D eigenvalue weighted by atomic mass is 10.0. The molecule has 2 aromatic rings. The standard InChI is InChI=1S/C18H20FN5O/c1-2-13-16(19)18(22-10-21-13)23-14-8-15(25)24(12-5-6-12)17(14)11-4-3-7-20-9-11/h3-4,7,9-10,12,14,17H,2,5-6,8H2,1H3,(H,21,22,23)/t14-,17+/m1/s1. The molecule has 2 atom stereocenters. The maximum Gasteiger partial charge on any atom is 0.225 e. The van der Waals surface area contributed by atoms with Crippen LogP contribution in [0.15, 0.2) is 30.9 Å². The molecular formula is C18H20FN5O. The minimum atomic E-state index is -0.438. The second-order valence-electron chi connectivity index (χ2n) is 6.55. The molecule has 1 aliphatic heterocycles. The van der Waals surface area contributed by atoms with E-state index in [9.17, 15) is 9.18 Å². The number of anilines is 1. The number of carbonyl (C=O) groups is 1. The Hall–Kier alpha value is -2.57. The number of hydrogen-bond acceptors (Lipinski definition) is 5. The average molecular weight is 341 g/mol. The molecule has 1 amide bonds. The normalized spacial score (nSPS) is 23.1. The minimum Gasteiger partial charge on any atom is -0.362 e. The summed E-state index contributed by atoms with van der Waals surface area (Å²) in [7, 11) is 0. The van der Waals surface area contributed by atoms with Crippen LogP contribution in [0.5, 0.6) is 0 Å². The van der Waals surface area contributed by atoms with E-state index in [2.05, 4.69) is 20.3 Å². The number of amides is 1. The molecule has 2 aromatic heterocycles. The van der Waals surface area contributed by atoms with Crippen molar-refractivity contribution in [1.82, 2.24) is 19.9 Å². The van der Waals surface area contributed by atoms with Crippen molar-refractivity contribution in [3.8, 4) is 0 Å². The fraction of sp³-hybridized carbons (Fsp3) is 0.444. The first-order valence-electron chi connectivity index (χ1n) is 8.66. The van der Waals surface area contributed by atoms with E-state index in [-0.39, 0.29) is 29.9 Å². The lowest BCUT2D eigenvalue weighted by Gasteiger charge is -2.29. The number of aromatic nitrogens is 3. The van der Waals surface area contributed by atoms with Gasteiger partial charge in [0, 0.05) is 24.9 Å². The lowest BCUT2D eigenvalue weighted by molar-refractivity contribution is -0.129. The van der Waals surface area contributed by atoms with Gasteiger partial charge < -0.3 is 10.2 Å². The second kappa shape index (κ2) is 6.38. The van der Waals surface area contributed by atoms with Crippen LogP contribution in [-0.2, 0) is 11.2 Å². The van der Waals surface area contributed by atoms with Crippen LogP contribution in [0.4, 0.5) is 10.2 Å². The number of pyridine rings is 1. The third kappa shape index (κ3) is 2.94. The van der Waals surface area contributed by atoms with E-state index in [0.717, 1.165) is 18.4 Å². The molecule has 2 aliphatic rings. The molecule has 0 aromatic carbocycles. The topological polar surface area (TPSA) is 71.0 Å². The van der Waals surface area contributed by atoms with Gasteiger partial charge in [-0.25, -0.2) is 14.4 Å². The zero-order valence-electron chi connectivity index (χ0n) is 14.0. The Kier molecular flexibility index (Phi) is 4.07. The number of hydrogen-bond donors (Lipinski definition) is 1. The maximum atomic E-state index is 14.5. The quantitative estimate of drug-likeness (QED) is 0.905. The summed E-state index contributed by atoms with van der Waals surface area (Å²) in [5.41, 5.74) is 1.33. The molecule has 0 unspecified atom stereocenters. The van der Waals surface area contributed by atoms with Crippen LogP contribution < -0.4 is 5.32 Å². The minimum absolute atomic E-state index is 0.0963. The van der Waals surface area contributed by atoms with Gasteiger partial charge in [-0.15, -0.1) is 0 Å². The van der Waals surface area contributed by atoms with Crippen LogP contribution in [0.25, 0.3) is 0 Å². The summed E-state index contributed by atoms with van der Waals surface area (Å²) >= 11 is 0. The van der Waals surface area contributed by atoms with Crippen molar-refractivity contribution in [2.75, 3.05) is 5.32 Å². The Labute approximate surface area is 145 Å². The second-order valence-corrected chi connectivity index (χ2v) is 6.55. The average Bonchev–Trinajstić information content (AvgIpc) is 3.41. The van der Waals surface area contributed by atoms with Crippen LogP contribution >= 0.6 is 0 Å². The van der Waals surface area contributed by atoms with Gasteiger partial charge in [-0.1, -0.05) is 13.0 Å². The summed E-state index contributed by atoms with van der Waals surface area (Å²) < 4.78 is 14.5. The van der Waals surface area contributed by atoms with E-state index in [1.165, 1.54) is 6.33 Å². The van der Waals surface area contributed by atoms with E-state index >= 15 is 0 Å². The fourth-order valence-electron chi connectivity index (χ4n) is 3.54. The highest BCUT2D eigenvalue weighted by Crippen LogP contribution is 2.42. The fourth-order valence-corrected chi connectivity index (χ4v) is 3.54. The Bertz CT molecular complexity index is 780. The molecule has 0 bridgehead atoms. The van der Waals surface area contributed by atoms with Crippen molar-refractivity contribution in [1.29, 1.82) is 0 Å². The molecule has 2 fully saturated rings. The number of rotatable bonds is 5. The Morgan fingerprint density at radius 3 is 2.88 bits per heavy atom. The van der Waals surface area contributed by atoms with Crippen LogP contribution in [0.2, 0.25) is 0 Å². The highest BCUT2D eigenvalue weighted by Gasteiger charge is 2.47. The molecule has 1 saturated heterocycles. The van der Waals surface area contributed by atoms with Gasteiger partial charge in [-0.3, -0.25) is 9.78 Å².